The Morgan fingerprint density at radius 1 is 1.10 bits per heavy atom. The van der Waals surface area contributed by atoms with Gasteiger partial charge in [-0.1, -0.05) is 18.2 Å². The Bertz CT molecular complexity index is 1380. The summed E-state index contributed by atoms with van der Waals surface area (Å²) in [6.07, 6.45) is 6.97. The molecule has 8 heteroatoms. The minimum absolute atomic E-state index is 0.0579. The smallest absolute Gasteiger partial charge is 0.279 e. The Labute approximate surface area is 165 Å². The zero-order valence-electron chi connectivity index (χ0n) is 16.0. The Kier molecular flexibility index (Phi) is 3.90. The molecule has 0 amide bonds. The van der Waals surface area contributed by atoms with Crippen LogP contribution in [0.2, 0.25) is 0 Å². The maximum atomic E-state index is 13.4. The molecule has 0 aliphatic rings. The number of aromatic nitrogens is 6. The highest BCUT2D eigenvalue weighted by molar-refractivity contribution is 5.82. The molecular weight excluding hydrogens is 366 g/mol. The molecule has 0 saturated carbocycles. The first-order chi connectivity index (χ1) is 14.1. The largest absolute Gasteiger partial charge is 0.360 e. The third-order valence-corrected chi connectivity index (χ3v) is 5.08. The van der Waals surface area contributed by atoms with Gasteiger partial charge in [-0.2, -0.15) is 0 Å². The number of H-pyrrole nitrogens is 1. The fourth-order valence-corrected chi connectivity index (χ4v) is 3.66. The fraction of sp³-hybridized carbons (Fsp3) is 0.143. The molecule has 0 saturated heterocycles. The van der Waals surface area contributed by atoms with Crippen molar-refractivity contribution in [2.75, 3.05) is 5.32 Å². The lowest BCUT2D eigenvalue weighted by molar-refractivity contribution is 0.754. The fourth-order valence-electron chi connectivity index (χ4n) is 3.66. The number of benzene rings is 1. The van der Waals surface area contributed by atoms with Crippen molar-refractivity contribution in [2.24, 2.45) is 0 Å². The van der Waals surface area contributed by atoms with Crippen LogP contribution < -0.4 is 10.9 Å². The maximum Gasteiger partial charge on any atom is 0.279 e. The van der Waals surface area contributed by atoms with Crippen LogP contribution in [0, 0.1) is 6.92 Å². The third kappa shape index (κ3) is 2.77. The summed E-state index contributed by atoms with van der Waals surface area (Å²) in [4.78, 5) is 29.2. The summed E-state index contributed by atoms with van der Waals surface area (Å²) in [6.45, 7) is 3.94. The Morgan fingerprint density at radius 3 is 2.76 bits per heavy atom. The van der Waals surface area contributed by atoms with Crippen LogP contribution in [-0.4, -0.2) is 28.9 Å². The maximum absolute atomic E-state index is 13.4. The topological polar surface area (TPSA) is 92.9 Å². The number of hydrogen-bond acceptors (Lipinski definition) is 5. The van der Waals surface area contributed by atoms with Gasteiger partial charge in [0.25, 0.3) is 5.56 Å². The number of anilines is 1. The van der Waals surface area contributed by atoms with Crippen molar-refractivity contribution in [3.05, 3.63) is 83.1 Å². The Balaban J connectivity index is 1.69. The summed E-state index contributed by atoms with van der Waals surface area (Å²) in [7, 11) is 0. The number of aromatic amines is 1. The SMILES string of the molecule is Cc1ccn2cc(C(C)Nc3ncnc4[nH]cnc34)n(-c3ccccc3)c(=O)c12. The average Bonchev–Trinajstić information content (AvgIpc) is 3.36. The van der Waals surface area contributed by atoms with E-state index in [1.54, 1.807) is 10.9 Å². The first-order valence-corrected chi connectivity index (χ1v) is 9.33. The van der Waals surface area contributed by atoms with Crippen molar-refractivity contribution in [2.45, 2.75) is 19.9 Å². The minimum Gasteiger partial charge on any atom is -0.360 e. The molecule has 0 bridgehead atoms. The second kappa shape index (κ2) is 6.59. The highest BCUT2D eigenvalue weighted by atomic mass is 16.1. The van der Waals surface area contributed by atoms with E-state index in [1.165, 1.54) is 6.33 Å². The molecule has 1 atom stereocenters. The molecule has 144 valence electrons. The van der Waals surface area contributed by atoms with E-state index in [4.69, 9.17) is 0 Å². The van der Waals surface area contributed by atoms with Crippen molar-refractivity contribution < 1.29 is 0 Å². The number of hydrogen-bond donors (Lipinski definition) is 2. The monoisotopic (exact) mass is 385 g/mol. The lowest BCUT2D eigenvalue weighted by Crippen LogP contribution is -2.27. The number of fused-ring (bicyclic) bond motifs is 2. The predicted octanol–water partition coefficient (Wildman–Crippen LogP) is 3.24. The molecule has 4 aromatic heterocycles. The van der Waals surface area contributed by atoms with Crippen LogP contribution >= 0.6 is 0 Å². The van der Waals surface area contributed by atoms with Gasteiger partial charge in [-0.15, -0.1) is 0 Å². The lowest BCUT2D eigenvalue weighted by Gasteiger charge is -2.21. The van der Waals surface area contributed by atoms with E-state index in [-0.39, 0.29) is 11.6 Å². The molecule has 5 rings (SSSR count). The second-order valence-corrected chi connectivity index (χ2v) is 6.97. The predicted molar refractivity (Wildman–Crippen MR) is 111 cm³/mol. The molecule has 5 aromatic rings. The Morgan fingerprint density at radius 2 is 1.93 bits per heavy atom. The van der Waals surface area contributed by atoms with Gasteiger partial charge in [0.15, 0.2) is 11.5 Å². The van der Waals surface area contributed by atoms with Gasteiger partial charge < -0.3 is 14.7 Å². The minimum atomic E-state index is -0.218. The van der Waals surface area contributed by atoms with Crippen LogP contribution in [0.3, 0.4) is 0 Å². The van der Waals surface area contributed by atoms with E-state index < -0.39 is 0 Å². The van der Waals surface area contributed by atoms with Crippen LogP contribution in [0.15, 0.2) is 66.2 Å². The van der Waals surface area contributed by atoms with Crippen molar-refractivity contribution in [3.8, 4) is 5.69 Å². The summed E-state index contributed by atoms with van der Waals surface area (Å²) in [5.74, 6) is 0.611. The third-order valence-electron chi connectivity index (χ3n) is 5.08. The summed E-state index contributed by atoms with van der Waals surface area (Å²) in [6, 6.07) is 11.4. The van der Waals surface area contributed by atoms with E-state index in [1.807, 2.05) is 67.0 Å². The van der Waals surface area contributed by atoms with Crippen LogP contribution in [0.25, 0.3) is 22.4 Å². The van der Waals surface area contributed by atoms with E-state index in [9.17, 15) is 4.79 Å². The summed E-state index contributed by atoms with van der Waals surface area (Å²) < 4.78 is 3.64. The number of para-hydroxylation sites is 1. The molecule has 0 radical (unpaired) electrons. The number of rotatable bonds is 4. The number of nitrogens with zero attached hydrogens (tertiary/aromatic N) is 5. The number of aryl methyl sites for hydroxylation is 1. The molecule has 1 unspecified atom stereocenters. The zero-order valence-corrected chi connectivity index (χ0v) is 16.0. The van der Waals surface area contributed by atoms with Crippen molar-refractivity contribution in [1.82, 2.24) is 28.9 Å². The van der Waals surface area contributed by atoms with Crippen LogP contribution in [0.1, 0.15) is 24.2 Å². The zero-order chi connectivity index (χ0) is 20.0. The van der Waals surface area contributed by atoms with E-state index in [0.29, 0.717) is 22.5 Å². The highest BCUT2D eigenvalue weighted by Gasteiger charge is 2.19. The summed E-state index contributed by atoms with van der Waals surface area (Å²) in [5.41, 5.74) is 4.50. The normalized spacial score (nSPS) is 12.5. The van der Waals surface area contributed by atoms with Gasteiger partial charge in [-0.05, 0) is 37.6 Å². The lowest BCUT2D eigenvalue weighted by atomic mass is 10.2. The summed E-state index contributed by atoms with van der Waals surface area (Å²) >= 11 is 0. The van der Waals surface area contributed by atoms with Crippen LogP contribution in [-0.2, 0) is 0 Å². The van der Waals surface area contributed by atoms with Gasteiger partial charge >= 0.3 is 0 Å². The molecular formula is C21H19N7O. The van der Waals surface area contributed by atoms with Gasteiger partial charge in [-0.25, -0.2) is 15.0 Å². The first kappa shape index (κ1) is 17.2. The van der Waals surface area contributed by atoms with Gasteiger partial charge in [0.1, 0.15) is 17.4 Å². The van der Waals surface area contributed by atoms with E-state index in [0.717, 1.165) is 16.9 Å². The van der Waals surface area contributed by atoms with Crippen LogP contribution in [0.5, 0.6) is 0 Å². The Hall–Kier alpha value is -3.94. The molecule has 29 heavy (non-hydrogen) atoms. The molecule has 0 spiro atoms. The first-order valence-electron chi connectivity index (χ1n) is 9.33. The molecule has 4 heterocycles. The average molecular weight is 385 g/mol. The van der Waals surface area contributed by atoms with Gasteiger partial charge in [-0.3, -0.25) is 9.36 Å². The molecule has 1 aromatic carbocycles. The molecule has 8 nitrogen and oxygen atoms in total. The molecule has 2 N–H and O–H groups in total. The second-order valence-electron chi connectivity index (χ2n) is 6.97. The molecule has 0 fully saturated rings. The number of imidazole rings is 1. The number of nitrogens with one attached hydrogen (secondary N) is 2. The van der Waals surface area contributed by atoms with E-state index in [2.05, 4.69) is 25.3 Å². The van der Waals surface area contributed by atoms with Crippen LogP contribution in [0.4, 0.5) is 5.82 Å². The van der Waals surface area contributed by atoms with Crippen molar-refractivity contribution >= 4 is 22.5 Å². The van der Waals surface area contributed by atoms with Gasteiger partial charge in [0, 0.05) is 18.1 Å². The van der Waals surface area contributed by atoms with E-state index >= 15 is 0 Å². The standard InChI is InChI=1S/C21H19N7O/c1-13-8-9-27-10-16(28(21(29)18(13)27)15-6-4-3-5-7-15)14(2)26-20-17-19(23-11-22-17)24-12-25-20/h3-12,14H,1-2H3,(H2,22,23,24,25,26). The highest BCUT2D eigenvalue weighted by Crippen LogP contribution is 2.24. The molecule has 0 aliphatic carbocycles. The quantitative estimate of drug-likeness (QED) is 0.495. The summed E-state index contributed by atoms with van der Waals surface area (Å²) in [5, 5.41) is 3.39. The molecule has 0 aliphatic heterocycles. The van der Waals surface area contributed by atoms with Gasteiger partial charge in [0.05, 0.1) is 18.1 Å². The van der Waals surface area contributed by atoms with Gasteiger partial charge in [0.2, 0.25) is 0 Å². The van der Waals surface area contributed by atoms with Crippen molar-refractivity contribution in [3.63, 3.8) is 0 Å². The van der Waals surface area contributed by atoms with Crippen molar-refractivity contribution in [1.29, 1.82) is 0 Å².